The van der Waals surface area contributed by atoms with Crippen LogP contribution in [0.2, 0.25) is 10.0 Å². The fraction of sp³-hybridized carbons (Fsp3) is 0.278. The monoisotopic (exact) mass is 380 g/mol. The van der Waals surface area contributed by atoms with Gasteiger partial charge in [-0.1, -0.05) is 29.3 Å². The first kappa shape index (κ1) is 19.2. The van der Waals surface area contributed by atoms with E-state index in [1.807, 2.05) is 12.1 Å². The molecule has 0 saturated heterocycles. The van der Waals surface area contributed by atoms with E-state index in [1.165, 1.54) is 6.07 Å². The van der Waals surface area contributed by atoms with Crippen LogP contribution in [0.15, 0.2) is 42.6 Å². The van der Waals surface area contributed by atoms with Crippen LogP contribution in [0.1, 0.15) is 29.4 Å². The van der Waals surface area contributed by atoms with Gasteiger partial charge in [0.2, 0.25) is 0 Å². The Bertz CT molecular complexity index is 738. The summed E-state index contributed by atoms with van der Waals surface area (Å²) in [6, 6.07) is 10.2. The van der Waals surface area contributed by atoms with E-state index in [2.05, 4.69) is 4.98 Å². The zero-order valence-corrected chi connectivity index (χ0v) is 15.3. The first-order chi connectivity index (χ1) is 12.0. The van der Waals surface area contributed by atoms with E-state index in [1.54, 1.807) is 36.2 Å². The molecule has 0 aliphatic rings. The molecule has 0 bridgehead atoms. The standard InChI is InChI=1S/C18H18Cl2N2O3/c1-2-25-17(23)8-10-22(12-14-5-3-4-9-21-14)18(24)13-6-7-15(19)16(20)11-13/h3-7,9,11H,2,8,10,12H2,1H3. The highest BCUT2D eigenvalue weighted by molar-refractivity contribution is 6.42. The molecule has 0 aliphatic carbocycles. The lowest BCUT2D eigenvalue weighted by atomic mass is 10.2. The van der Waals surface area contributed by atoms with Gasteiger partial charge in [0.15, 0.2) is 0 Å². The quantitative estimate of drug-likeness (QED) is 0.681. The molecular weight excluding hydrogens is 363 g/mol. The topological polar surface area (TPSA) is 59.5 Å². The zero-order chi connectivity index (χ0) is 18.2. The van der Waals surface area contributed by atoms with Crippen molar-refractivity contribution < 1.29 is 14.3 Å². The van der Waals surface area contributed by atoms with E-state index < -0.39 is 0 Å². The van der Waals surface area contributed by atoms with Crippen LogP contribution in [-0.2, 0) is 16.1 Å². The van der Waals surface area contributed by atoms with Crippen LogP contribution in [0, 0.1) is 0 Å². The minimum absolute atomic E-state index is 0.105. The van der Waals surface area contributed by atoms with Crippen LogP contribution in [0.5, 0.6) is 0 Å². The summed E-state index contributed by atoms with van der Waals surface area (Å²) in [5.74, 6) is -0.607. The molecule has 132 valence electrons. The minimum atomic E-state index is -0.351. The van der Waals surface area contributed by atoms with Gasteiger partial charge in [0, 0.05) is 18.3 Å². The van der Waals surface area contributed by atoms with Gasteiger partial charge in [-0.25, -0.2) is 0 Å². The van der Waals surface area contributed by atoms with Crippen molar-refractivity contribution in [2.24, 2.45) is 0 Å². The van der Waals surface area contributed by atoms with Gasteiger partial charge in [0.05, 0.1) is 35.3 Å². The Morgan fingerprint density at radius 2 is 1.96 bits per heavy atom. The van der Waals surface area contributed by atoms with Gasteiger partial charge in [-0.2, -0.15) is 0 Å². The number of hydrogen-bond donors (Lipinski definition) is 0. The van der Waals surface area contributed by atoms with Crippen LogP contribution >= 0.6 is 23.2 Å². The summed E-state index contributed by atoms with van der Waals surface area (Å²) in [4.78, 5) is 30.2. The molecule has 1 amide bonds. The van der Waals surface area contributed by atoms with Crippen molar-refractivity contribution in [1.82, 2.24) is 9.88 Å². The molecule has 1 aromatic carbocycles. The average molecular weight is 381 g/mol. The molecular formula is C18H18Cl2N2O3. The van der Waals surface area contributed by atoms with E-state index in [0.29, 0.717) is 22.2 Å². The third kappa shape index (κ3) is 5.73. The molecule has 25 heavy (non-hydrogen) atoms. The lowest BCUT2D eigenvalue weighted by Gasteiger charge is -2.22. The second kappa shape index (κ2) is 9.39. The fourth-order valence-corrected chi connectivity index (χ4v) is 2.51. The Morgan fingerprint density at radius 1 is 1.16 bits per heavy atom. The van der Waals surface area contributed by atoms with Crippen LogP contribution < -0.4 is 0 Å². The number of benzene rings is 1. The number of ether oxygens (including phenoxy) is 1. The number of amides is 1. The van der Waals surface area contributed by atoms with Crippen LogP contribution in [0.4, 0.5) is 0 Å². The summed E-state index contributed by atoms with van der Waals surface area (Å²) in [6.45, 7) is 2.54. The summed E-state index contributed by atoms with van der Waals surface area (Å²) in [5.41, 5.74) is 1.12. The summed E-state index contributed by atoms with van der Waals surface area (Å²) >= 11 is 11.9. The first-order valence-corrected chi connectivity index (χ1v) is 8.56. The van der Waals surface area contributed by atoms with Crippen molar-refractivity contribution in [3.05, 3.63) is 63.9 Å². The number of halogens is 2. The second-order valence-electron chi connectivity index (χ2n) is 5.23. The third-order valence-corrected chi connectivity index (χ3v) is 4.16. The predicted octanol–water partition coefficient (Wildman–Crippen LogP) is 3.98. The average Bonchev–Trinajstić information content (AvgIpc) is 2.61. The molecule has 1 heterocycles. The summed E-state index contributed by atoms with van der Waals surface area (Å²) in [7, 11) is 0. The number of pyridine rings is 1. The van der Waals surface area contributed by atoms with Crippen molar-refractivity contribution >= 4 is 35.1 Å². The Labute approximate surface area is 156 Å². The second-order valence-corrected chi connectivity index (χ2v) is 6.05. The number of rotatable bonds is 7. The van der Waals surface area contributed by atoms with E-state index in [9.17, 15) is 9.59 Å². The lowest BCUT2D eigenvalue weighted by Crippen LogP contribution is -2.33. The number of hydrogen-bond acceptors (Lipinski definition) is 4. The maximum Gasteiger partial charge on any atom is 0.307 e. The van der Waals surface area contributed by atoms with Crippen LogP contribution in [0.25, 0.3) is 0 Å². The number of aromatic nitrogens is 1. The van der Waals surface area contributed by atoms with Gasteiger partial charge in [-0.15, -0.1) is 0 Å². The van der Waals surface area contributed by atoms with Crippen molar-refractivity contribution in [3.63, 3.8) is 0 Å². The number of carbonyl (C=O) groups excluding carboxylic acids is 2. The number of carbonyl (C=O) groups is 2. The van der Waals surface area contributed by atoms with Crippen molar-refractivity contribution in [2.45, 2.75) is 19.9 Å². The largest absolute Gasteiger partial charge is 0.466 e. The highest BCUT2D eigenvalue weighted by Gasteiger charge is 2.19. The third-order valence-electron chi connectivity index (χ3n) is 3.42. The maximum absolute atomic E-state index is 12.8. The van der Waals surface area contributed by atoms with Gasteiger partial charge < -0.3 is 9.64 Å². The molecule has 0 spiro atoms. The molecule has 2 aromatic rings. The smallest absolute Gasteiger partial charge is 0.307 e. The van der Waals surface area contributed by atoms with E-state index >= 15 is 0 Å². The molecule has 0 fully saturated rings. The molecule has 0 unspecified atom stereocenters. The lowest BCUT2D eigenvalue weighted by molar-refractivity contribution is -0.143. The summed E-state index contributed by atoms with van der Waals surface area (Å²) in [5, 5.41) is 0.678. The van der Waals surface area contributed by atoms with Crippen molar-refractivity contribution in [2.75, 3.05) is 13.2 Å². The minimum Gasteiger partial charge on any atom is -0.466 e. The first-order valence-electron chi connectivity index (χ1n) is 7.81. The highest BCUT2D eigenvalue weighted by atomic mass is 35.5. The Kier molecular flexibility index (Phi) is 7.22. The van der Waals surface area contributed by atoms with Gasteiger partial charge >= 0.3 is 5.97 Å². The van der Waals surface area contributed by atoms with Gasteiger partial charge in [0.25, 0.3) is 5.91 Å². The summed E-state index contributed by atoms with van der Waals surface area (Å²) in [6.07, 6.45) is 1.76. The number of nitrogens with zero attached hydrogens (tertiary/aromatic N) is 2. The van der Waals surface area contributed by atoms with Crippen molar-refractivity contribution in [1.29, 1.82) is 0 Å². The molecule has 0 aliphatic heterocycles. The molecule has 2 rings (SSSR count). The SMILES string of the molecule is CCOC(=O)CCN(Cc1ccccn1)C(=O)c1ccc(Cl)c(Cl)c1. The van der Waals surface area contributed by atoms with E-state index in [0.717, 1.165) is 5.69 Å². The van der Waals surface area contributed by atoms with E-state index in [4.69, 9.17) is 27.9 Å². The Morgan fingerprint density at radius 3 is 2.60 bits per heavy atom. The predicted molar refractivity (Wildman–Crippen MR) is 96.7 cm³/mol. The van der Waals surface area contributed by atoms with Crippen molar-refractivity contribution in [3.8, 4) is 0 Å². The number of esters is 1. The summed E-state index contributed by atoms with van der Waals surface area (Å²) < 4.78 is 4.93. The molecule has 0 radical (unpaired) electrons. The maximum atomic E-state index is 12.8. The molecule has 0 saturated carbocycles. The van der Waals surface area contributed by atoms with Gasteiger partial charge in [-0.05, 0) is 37.3 Å². The molecule has 0 atom stereocenters. The van der Waals surface area contributed by atoms with Gasteiger partial charge in [0.1, 0.15) is 0 Å². The normalized spacial score (nSPS) is 10.4. The Hall–Kier alpha value is -2.11. The highest BCUT2D eigenvalue weighted by Crippen LogP contribution is 2.23. The molecule has 0 N–H and O–H groups in total. The van der Waals surface area contributed by atoms with Crippen LogP contribution in [-0.4, -0.2) is 34.9 Å². The zero-order valence-electron chi connectivity index (χ0n) is 13.7. The fourth-order valence-electron chi connectivity index (χ4n) is 2.21. The van der Waals surface area contributed by atoms with E-state index in [-0.39, 0.29) is 31.4 Å². The molecule has 7 heteroatoms. The Balaban J connectivity index is 2.18. The van der Waals surface area contributed by atoms with Gasteiger partial charge in [-0.3, -0.25) is 14.6 Å². The van der Waals surface area contributed by atoms with Crippen LogP contribution in [0.3, 0.4) is 0 Å². The molecule has 1 aromatic heterocycles. The molecule has 5 nitrogen and oxygen atoms in total.